The van der Waals surface area contributed by atoms with Crippen molar-refractivity contribution in [2.75, 3.05) is 26.7 Å². The molecule has 0 spiro atoms. The Morgan fingerprint density at radius 3 is 2.70 bits per heavy atom. The summed E-state index contributed by atoms with van der Waals surface area (Å²) in [5.41, 5.74) is 1.01. The van der Waals surface area contributed by atoms with Crippen LogP contribution in [0.4, 0.5) is 0 Å². The van der Waals surface area contributed by atoms with E-state index in [4.69, 9.17) is 4.74 Å². The molecular formula is C14H22N4O2. The van der Waals surface area contributed by atoms with Crippen molar-refractivity contribution >= 4 is 5.91 Å². The highest BCUT2D eigenvalue weighted by Gasteiger charge is 2.38. The highest BCUT2D eigenvalue weighted by molar-refractivity contribution is 5.85. The van der Waals surface area contributed by atoms with Crippen molar-refractivity contribution in [3.05, 3.63) is 23.3 Å². The van der Waals surface area contributed by atoms with E-state index >= 15 is 0 Å². The van der Waals surface area contributed by atoms with E-state index in [0.29, 0.717) is 25.5 Å². The first-order chi connectivity index (χ1) is 9.39. The molecule has 1 saturated heterocycles. The summed E-state index contributed by atoms with van der Waals surface area (Å²) in [4.78, 5) is 23.0. The lowest BCUT2D eigenvalue weighted by Gasteiger charge is -2.37. The predicted molar refractivity (Wildman–Crippen MR) is 75.2 cm³/mol. The van der Waals surface area contributed by atoms with Gasteiger partial charge in [0.25, 0.3) is 5.91 Å². The zero-order valence-corrected chi connectivity index (χ0v) is 12.6. The monoisotopic (exact) mass is 278 g/mol. The Labute approximate surface area is 119 Å². The maximum absolute atomic E-state index is 12.3. The number of nitrogens with one attached hydrogen (secondary N) is 1. The highest BCUT2D eigenvalue weighted by Crippen LogP contribution is 2.16. The van der Waals surface area contributed by atoms with Crippen LogP contribution in [0, 0.1) is 13.8 Å². The van der Waals surface area contributed by atoms with E-state index in [-0.39, 0.29) is 5.91 Å². The zero-order valence-electron chi connectivity index (χ0n) is 12.6. The summed E-state index contributed by atoms with van der Waals surface area (Å²) >= 11 is 0. The summed E-state index contributed by atoms with van der Waals surface area (Å²) in [7, 11) is 1.99. The van der Waals surface area contributed by atoms with Crippen LogP contribution in [0.5, 0.6) is 0 Å². The molecule has 0 saturated carbocycles. The topological polar surface area (TPSA) is 67.4 Å². The lowest BCUT2D eigenvalue weighted by Crippen LogP contribution is -2.57. The summed E-state index contributed by atoms with van der Waals surface area (Å²) < 4.78 is 5.64. The molecule has 2 heterocycles. The molecule has 6 nitrogen and oxygen atoms in total. The molecule has 0 aromatic carbocycles. The van der Waals surface area contributed by atoms with Gasteiger partial charge in [0, 0.05) is 24.5 Å². The molecule has 6 heteroatoms. The van der Waals surface area contributed by atoms with Crippen molar-refractivity contribution in [2.45, 2.75) is 32.9 Å². The van der Waals surface area contributed by atoms with Crippen molar-refractivity contribution in [1.29, 1.82) is 0 Å². The lowest BCUT2D eigenvalue weighted by atomic mass is 10.0. The summed E-state index contributed by atoms with van der Waals surface area (Å²) in [6.07, 6.45) is 0. The van der Waals surface area contributed by atoms with Gasteiger partial charge in [-0.1, -0.05) is 0 Å². The second-order valence-electron chi connectivity index (χ2n) is 5.57. The van der Waals surface area contributed by atoms with E-state index in [1.54, 1.807) is 0 Å². The Morgan fingerprint density at radius 1 is 1.45 bits per heavy atom. The number of likely N-dealkylation sites (N-methyl/N-ethyl adjacent to an activating group) is 1. The van der Waals surface area contributed by atoms with Crippen molar-refractivity contribution < 1.29 is 9.53 Å². The van der Waals surface area contributed by atoms with Crippen LogP contribution in [0.3, 0.4) is 0 Å². The molecule has 1 N–H and O–H groups in total. The molecule has 1 aliphatic heterocycles. The first-order valence-electron chi connectivity index (χ1n) is 6.81. The van der Waals surface area contributed by atoms with Crippen LogP contribution >= 0.6 is 0 Å². The van der Waals surface area contributed by atoms with Crippen molar-refractivity contribution in [3.8, 4) is 0 Å². The fourth-order valence-corrected chi connectivity index (χ4v) is 2.43. The number of amides is 1. The number of nitrogens with zero attached hydrogens (tertiary/aromatic N) is 3. The number of morpholine rings is 1. The second kappa shape index (κ2) is 5.85. The lowest BCUT2D eigenvalue weighted by molar-refractivity contribution is -0.155. The minimum atomic E-state index is -0.800. The van der Waals surface area contributed by atoms with Gasteiger partial charge in [-0.05, 0) is 33.9 Å². The molecule has 0 unspecified atom stereocenters. The van der Waals surface area contributed by atoms with Crippen LogP contribution in [-0.4, -0.2) is 53.1 Å². The van der Waals surface area contributed by atoms with Crippen LogP contribution in [0.25, 0.3) is 0 Å². The molecule has 1 amide bonds. The van der Waals surface area contributed by atoms with Crippen molar-refractivity contribution in [1.82, 2.24) is 20.2 Å². The number of carbonyl (C=O) groups is 1. The highest BCUT2D eigenvalue weighted by atomic mass is 16.5. The van der Waals surface area contributed by atoms with Crippen molar-refractivity contribution in [2.24, 2.45) is 0 Å². The summed E-state index contributed by atoms with van der Waals surface area (Å²) in [5, 5.41) is 2.87. The molecular weight excluding hydrogens is 256 g/mol. The van der Waals surface area contributed by atoms with E-state index < -0.39 is 5.60 Å². The predicted octanol–water partition coefficient (Wildman–Crippen LogP) is 0.430. The van der Waals surface area contributed by atoms with Gasteiger partial charge < -0.3 is 15.0 Å². The van der Waals surface area contributed by atoms with Crippen LogP contribution in [0.2, 0.25) is 0 Å². The minimum Gasteiger partial charge on any atom is -0.363 e. The first-order valence-corrected chi connectivity index (χ1v) is 6.81. The van der Waals surface area contributed by atoms with Crippen molar-refractivity contribution in [3.63, 3.8) is 0 Å². The van der Waals surface area contributed by atoms with E-state index in [0.717, 1.165) is 17.9 Å². The fourth-order valence-electron chi connectivity index (χ4n) is 2.43. The number of carbonyl (C=O) groups excluding carboxylic acids is 1. The number of hydrogen-bond acceptors (Lipinski definition) is 5. The Balaban J connectivity index is 1.97. The largest absolute Gasteiger partial charge is 0.363 e. The molecule has 0 aliphatic carbocycles. The van der Waals surface area contributed by atoms with Crippen LogP contribution in [0.1, 0.15) is 24.1 Å². The van der Waals surface area contributed by atoms with E-state index in [2.05, 4.69) is 20.2 Å². The van der Waals surface area contributed by atoms with Gasteiger partial charge in [0.15, 0.2) is 5.60 Å². The van der Waals surface area contributed by atoms with Crippen LogP contribution < -0.4 is 5.32 Å². The quantitative estimate of drug-likeness (QED) is 0.868. The SMILES string of the molecule is Cc1cc(C)nc(CNC(=O)[C@@]2(C)CN(C)CCO2)n1. The minimum absolute atomic E-state index is 0.119. The number of hydrogen-bond donors (Lipinski definition) is 1. The van der Waals surface area contributed by atoms with Gasteiger partial charge in [-0.3, -0.25) is 4.79 Å². The molecule has 20 heavy (non-hydrogen) atoms. The Morgan fingerprint density at radius 2 is 2.10 bits per heavy atom. The van der Waals surface area contributed by atoms with Gasteiger partial charge in [0.05, 0.1) is 13.2 Å². The number of rotatable bonds is 3. The van der Waals surface area contributed by atoms with Gasteiger partial charge in [-0.15, -0.1) is 0 Å². The number of aryl methyl sites for hydroxylation is 2. The molecule has 1 aromatic rings. The maximum atomic E-state index is 12.3. The van der Waals surface area contributed by atoms with Gasteiger partial charge >= 0.3 is 0 Å². The van der Waals surface area contributed by atoms with Gasteiger partial charge in [-0.25, -0.2) is 9.97 Å². The molecule has 110 valence electrons. The Hall–Kier alpha value is -1.53. The second-order valence-corrected chi connectivity index (χ2v) is 5.57. The van der Waals surface area contributed by atoms with Gasteiger partial charge in [0.1, 0.15) is 5.82 Å². The zero-order chi connectivity index (χ0) is 14.8. The smallest absolute Gasteiger partial charge is 0.253 e. The normalized spacial score (nSPS) is 23.6. The molecule has 1 aliphatic rings. The standard InChI is InChI=1S/C14H22N4O2/c1-10-7-11(2)17-12(16-10)8-15-13(19)14(3)9-18(4)5-6-20-14/h7H,5-6,8-9H2,1-4H3,(H,15,19)/t14-/m1/s1. The average Bonchev–Trinajstić information content (AvgIpc) is 2.34. The first kappa shape index (κ1) is 14.9. The van der Waals surface area contributed by atoms with E-state index in [1.165, 1.54) is 0 Å². The third-order valence-corrected chi connectivity index (χ3v) is 3.38. The third kappa shape index (κ3) is 3.52. The summed E-state index contributed by atoms with van der Waals surface area (Å²) in [6.45, 7) is 7.99. The van der Waals surface area contributed by atoms with Crippen LogP contribution in [0.15, 0.2) is 6.07 Å². The summed E-state index contributed by atoms with van der Waals surface area (Å²) in [5.74, 6) is 0.510. The van der Waals surface area contributed by atoms with E-state index in [1.807, 2.05) is 33.9 Å². The molecule has 1 atom stereocenters. The van der Waals surface area contributed by atoms with Crippen LogP contribution in [-0.2, 0) is 16.1 Å². The van der Waals surface area contributed by atoms with Gasteiger partial charge in [0.2, 0.25) is 0 Å². The third-order valence-electron chi connectivity index (χ3n) is 3.38. The summed E-state index contributed by atoms with van der Waals surface area (Å²) in [6, 6.07) is 1.91. The molecule has 2 rings (SSSR count). The average molecular weight is 278 g/mol. The van der Waals surface area contributed by atoms with Gasteiger partial charge in [-0.2, -0.15) is 0 Å². The Bertz CT molecular complexity index is 486. The molecule has 0 bridgehead atoms. The number of aromatic nitrogens is 2. The number of ether oxygens (including phenoxy) is 1. The molecule has 0 radical (unpaired) electrons. The Kier molecular flexibility index (Phi) is 4.35. The fraction of sp³-hybridized carbons (Fsp3) is 0.643. The molecule has 1 fully saturated rings. The maximum Gasteiger partial charge on any atom is 0.253 e. The van der Waals surface area contributed by atoms with E-state index in [9.17, 15) is 4.79 Å². The molecule has 1 aromatic heterocycles.